The van der Waals surface area contributed by atoms with Crippen molar-refractivity contribution >= 4 is 22.4 Å². The zero-order chi connectivity index (χ0) is 22.9. The van der Waals surface area contributed by atoms with E-state index in [1.165, 1.54) is 6.33 Å². The van der Waals surface area contributed by atoms with E-state index in [1.807, 2.05) is 36.4 Å². The molecule has 0 radical (unpaired) electrons. The van der Waals surface area contributed by atoms with Crippen LogP contribution in [0.2, 0.25) is 0 Å². The van der Waals surface area contributed by atoms with Crippen molar-refractivity contribution in [2.24, 2.45) is 0 Å². The van der Waals surface area contributed by atoms with Crippen LogP contribution in [0.3, 0.4) is 0 Å². The molecule has 1 saturated heterocycles. The number of ether oxygens (including phenoxy) is 4. The molecule has 0 bridgehead atoms. The van der Waals surface area contributed by atoms with Crippen molar-refractivity contribution in [3.63, 3.8) is 0 Å². The average Bonchev–Trinajstić information content (AvgIpc) is 2.85. The van der Waals surface area contributed by atoms with Gasteiger partial charge in [-0.15, -0.1) is 6.42 Å². The van der Waals surface area contributed by atoms with Crippen molar-refractivity contribution < 1.29 is 18.9 Å². The number of terminal acetylenes is 1. The summed E-state index contributed by atoms with van der Waals surface area (Å²) in [6, 6.07) is 11.4. The predicted octanol–water partition coefficient (Wildman–Crippen LogP) is 3.09. The lowest BCUT2D eigenvalue weighted by atomic mass is 10.2. The number of fused-ring (bicyclic) bond motifs is 1. The monoisotopic (exact) mass is 448 g/mol. The molecule has 0 spiro atoms. The van der Waals surface area contributed by atoms with Crippen LogP contribution >= 0.6 is 0 Å². The van der Waals surface area contributed by atoms with Crippen LogP contribution in [0, 0.1) is 12.3 Å². The van der Waals surface area contributed by atoms with E-state index >= 15 is 0 Å². The highest BCUT2D eigenvalue weighted by atomic mass is 16.5. The summed E-state index contributed by atoms with van der Waals surface area (Å²) < 4.78 is 22.6. The van der Waals surface area contributed by atoms with Gasteiger partial charge in [0, 0.05) is 49.4 Å². The van der Waals surface area contributed by atoms with Gasteiger partial charge in [-0.25, -0.2) is 9.97 Å². The van der Waals surface area contributed by atoms with Gasteiger partial charge in [0.05, 0.1) is 25.3 Å². The average molecular weight is 449 g/mol. The number of benzene rings is 2. The zero-order valence-electron chi connectivity index (χ0n) is 18.8. The van der Waals surface area contributed by atoms with Crippen LogP contribution in [-0.2, 0) is 9.47 Å². The minimum Gasteiger partial charge on any atom is -0.488 e. The second-order valence-corrected chi connectivity index (χ2v) is 7.53. The molecule has 1 aliphatic rings. The molecule has 8 heteroatoms. The van der Waals surface area contributed by atoms with Crippen molar-refractivity contribution in [2.75, 3.05) is 65.1 Å². The van der Waals surface area contributed by atoms with Crippen LogP contribution in [0.15, 0.2) is 42.7 Å². The lowest BCUT2D eigenvalue weighted by Gasteiger charge is -2.26. The molecule has 2 aromatic carbocycles. The first kappa shape index (κ1) is 22.8. The summed E-state index contributed by atoms with van der Waals surface area (Å²) in [6.45, 7) is 5.59. The number of rotatable bonds is 10. The minimum atomic E-state index is 0.414. The quantitative estimate of drug-likeness (QED) is 0.375. The summed E-state index contributed by atoms with van der Waals surface area (Å²) in [4.78, 5) is 11.2. The highest BCUT2D eigenvalue weighted by molar-refractivity contribution is 5.93. The molecule has 172 valence electrons. The molecule has 1 fully saturated rings. The van der Waals surface area contributed by atoms with E-state index in [-0.39, 0.29) is 0 Å². The number of anilines is 2. The van der Waals surface area contributed by atoms with Crippen molar-refractivity contribution in [2.45, 2.75) is 0 Å². The summed E-state index contributed by atoms with van der Waals surface area (Å²) >= 11 is 0. The van der Waals surface area contributed by atoms with Gasteiger partial charge >= 0.3 is 0 Å². The Bertz CT molecular complexity index is 1110. The predicted molar refractivity (Wildman–Crippen MR) is 127 cm³/mol. The first-order chi connectivity index (χ1) is 16.3. The van der Waals surface area contributed by atoms with E-state index in [0.717, 1.165) is 55.0 Å². The minimum absolute atomic E-state index is 0.414. The van der Waals surface area contributed by atoms with Gasteiger partial charge in [0.25, 0.3) is 0 Å². The number of nitrogens with zero attached hydrogens (tertiary/aromatic N) is 3. The number of hydrogen-bond donors (Lipinski definition) is 1. The second kappa shape index (κ2) is 11.5. The molecule has 1 aromatic heterocycles. The molecule has 3 aromatic rings. The third kappa shape index (κ3) is 6.11. The molecule has 4 rings (SSSR count). The maximum atomic E-state index is 6.16. The highest BCUT2D eigenvalue weighted by Gasteiger charge is 2.15. The number of aromatic nitrogens is 2. The van der Waals surface area contributed by atoms with Crippen LogP contribution in [0.25, 0.3) is 10.9 Å². The number of nitrogens with one attached hydrogen (secondary N) is 1. The summed E-state index contributed by atoms with van der Waals surface area (Å²) in [5.74, 6) is 4.58. The van der Waals surface area contributed by atoms with Crippen molar-refractivity contribution in [1.82, 2.24) is 14.9 Å². The fourth-order valence-electron chi connectivity index (χ4n) is 3.56. The van der Waals surface area contributed by atoms with Gasteiger partial charge < -0.3 is 24.3 Å². The summed E-state index contributed by atoms with van der Waals surface area (Å²) in [5, 5.41) is 4.17. The maximum Gasteiger partial charge on any atom is 0.163 e. The summed E-state index contributed by atoms with van der Waals surface area (Å²) in [7, 11) is 1.64. The van der Waals surface area contributed by atoms with E-state index in [0.29, 0.717) is 37.1 Å². The van der Waals surface area contributed by atoms with E-state index in [9.17, 15) is 0 Å². The molecule has 33 heavy (non-hydrogen) atoms. The van der Waals surface area contributed by atoms with Gasteiger partial charge in [-0.3, -0.25) is 4.90 Å². The normalized spacial score (nSPS) is 14.1. The van der Waals surface area contributed by atoms with Crippen LogP contribution < -0.4 is 14.8 Å². The van der Waals surface area contributed by atoms with Gasteiger partial charge in [-0.2, -0.15) is 0 Å². The van der Waals surface area contributed by atoms with Gasteiger partial charge in [0.15, 0.2) is 11.5 Å². The molecule has 1 aliphatic heterocycles. The Morgan fingerprint density at radius 2 is 1.88 bits per heavy atom. The van der Waals surface area contributed by atoms with Crippen LogP contribution in [-0.4, -0.2) is 74.6 Å². The Hall–Kier alpha value is -3.38. The molecular weight excluding hydrogens is 420 g/mol. The molecule has 1 N–H and O–H groups in total. The van der Waals surface area contributed by atoms with Gasteiger partial charge in [-0.05, 0) is 24.3 Å². The molecule has 0 saturated carbocycles. The fraction of sp³-hybridized carbons (Fsp3) is 0.360. The molecule has 0 aliphatic carbocycles. The van der Waals surface area contributed by atoms with Crippen molar-refractivity contribution in [1.29, 1.82) is 0 Å². The Labute approximate surface area is 193 Å². The van der Waals surface area contributed by atoms with Crippen molar-refractivity contribution in [3.05, 3.63) is 48.3 Å². The highest BCUT2D eigenvalue weighted by Crippen LogP contribution is 2.35. The molecule has 2 heterocycles. The zero-order valence-corrected chi connectivity index (χ0v) is 18.8. The molecular formula is C25H28N4O4. The van der Waals surface area contributed by atoms with Gasteiger partial charge in [0.1, 0.15) is 25.4 Å². The molecule has 0 amide bonds. The van der Waals surface area contributed by atoms with Crippen LogP contribution in [0.5, 0.6) is 11.5 Å². The number of methoxy groups -OCH3 is 1. The summed E-state index contributed by atoms with van der Waals surface area (Å²) in [6.07, 6.45) is 7.06. The van der Waals surface area contributed by atoms with E-state index in [2.05, 4.69) is 26.1 Å². The Kier molecular flexibility index (Phi) is 7.93. The third-order valence-corrected chi connectivity index (χ3v) is 5.31. The van der Waals surface area contributed by atoms with Crippen molar-refractivity contribution in [3.8, 4) is 23.8 Å². The number of hydrogen-bond acceptors (Lipinski definition) is 8. The first-order valence-electron chi connectivity index (χ1n) is 10.9. The van der Waals surface area contributed by atoms with Crippen LogP contribution in [0.4, 0.5) is 11.5 Å². The fourth-order valence-corrected chi connectivity index (χ4v) is 3.56. The lowest BCUT2D eigenvalue weighted by Crippen LogP contribution is -2.38. The topological polar surface area (TPSA) is 78.0 Å². The van der Waals surface area contributed by atoms with E-state index in [1.54, 1.807) is 7.11 Å². The molecule has 0 atom stereocenters. The Morgan fingerprint density at radius 1 is 1.06 bits per heavy atom. The van der Waals surface area contributed by atoms with E-state index < -0.39 is 0 Å². The van der Waals surface area contributed by atoms with E-state index in [4.69, 9.17) is 25.4 Å². The van der Waals surface area contributed by atoms with Crippen LogP contribution in [0.1, 0.15) is 5.56 Å². The molecule has 8 nitrogen and oxygen atoms in total. The number of morpholine rings is 1. The van der Waals surface area contributed by atoms with Gasteiger partial charge in [0.2, 0.25) is 0 Å². The third-order valence-electron chi connectivity index (χ3n) is 5.31. The smallest absolute Gasteiger partial charge is 0.163 e. The summed E-state index contributed by atoms with van der Waals surface area (Å²) in [5.41, 5.74) is 2.38. The first-order valence-corrected chi connectivity index (χ1v) is 10.9. The second-order valence-electron chi connectivity index (χ2n) is 7.53. The SMILES string of the molecule is C#Cc1cccc(Nc2ncnc3cc(OCCOC)c(OCCN4CCOCC4)cc23)c1. The van der Waals surface area contributed by atoms with Gasteiger partial charge in [-0.1, -0.05) is 12.0 Å². The molecule has 0 unspecified atom stereocenters. The Balaban J connectivity index is 1.58. The lowest BCUT2D eigenvalue weighted by molar-refractivity contribution is 0.0320. The standard InChI is InChI=1S/C25H28N4O4/c1-3-19-5-4-6-20(15-19)28-25-21-16-23(32-12-9-29-7-10-31-11-8-29)24(33-14-13-30-2)17-22(21)26-18-27-25/h1,4-6,15-18H,7-14H2,2H3,(H,26,27,28). The Morgan fingerprint density at radius 3 is 2.70 bits per heavy atom. The maximum absolute atomic E-state index is 6.16. The largest absolute Gasteiger partial charge is 0.488 e.